The van der Waals surface area contributed by atoms with Gasteiger partial charge in [0.1, 0.15) is 6.10 Å². The molecule has 126 valence electrons. The summed E-state index contributed by atoms with van der Waals surface area (Å²) in [5.41, 5.74) is 1.16. The van der Waals surface area contributed by atoms with Gasteiger partial charge in [-0.05, 0) is 24.8 Å². The van der Waals surface area contributed by atoms with Crippen LogP contribution in [0.25, 0.3) is 0 Å². The van der Waals surface area contributed by atoms with Gasteiger partial charge < -0.3 is 9.64 Å². The van der Waals surface area contributed by atoms with Crippen molar-refractivity contribution in [3.63, 3.8) is 0 Å². The fourth-order valence-corrected chi connectivity index (χ4v) is 2.83. The molecule has 24 heavy (non-hydrogen) atoms. The summed E-state index contributed by atoms with van der Waals surface area (Å²) in [5.74, 6) is -0.365. The number of hydrogen-bond acceptors (Lipinski definition) is 4. The lowest BCUT2D eigenvalue weighted by molar-refractivity contribution is -0.133. The number of aryl methyl sites for hydroxylation is 1. The van der Waals surface area contributed by atoms with E-state index in [4.69, 9.17) is 4.74 Å². The Morgan fingerprint density at radius 1 is 1.25 bits per heavy atom. The maximum atomic E-state index is 12.8. The smallest absolute Gasteiger partial charge is 0.316 e. The molecule has 1 saturated heterocycles. The van der Waals surface area contributed by atoms with Gasteiger partial charge in [0.05, 0.1) is 18.9 Å². The minimum Gasteiger partial charge on any atom is -0.458 e. The Kier molecular flexibility index (Phi) is 5.36. The number of halogens is 1. The van der Waals surface area contributed by atoms with Crippen LogP contribution in [-0.4, -0.2) is 40.0 Å². The van der Waals surface area contributed by atoms with E-state index >= 15 is 0 Å². The van der Waals surface area contributed by atoms with Crippen LogP contribution in [0.15, 0.2) is 42.7 Å². The molecule has 1 aromatic heterocycles. The number of nitrogens with zero attached hydrogens (tertiary/aromatic N) is 3. The molecule has 0 radical (unpaired) electrons. The molecule has 6 heteroatoms. The predicted octanol–water partition coefficient (Wildman–Crippen LogP) is 2.62. The topological polar surface area (TPSA) is 55.3 Å². The van der Waals surface area contributed by atoms with E-state index in [1.54, 1.807) is 0 Å². The van der Waals surface area contributed by atoms with Crippen LogP contribution in [0.1, 0.15) is 24.8 Å². The standard InChI is InChI=1S/C18H20FN3O2/c19-15-11-20-18(21-12-15)24-16-7-4-10-22(13-16)17(23)9-8-14-5-2-1-3-6-14/h1-3,5-6,11-12,16H,4,7-10,13H2. The zero-order valence-corrected chi connectivity index (χ0v) is 13.4. The minimum absolute atomic E-state index is 0.132. The summed E-state index contributed by atoms with van der Waals surface area (Å²) in [6, 6.07) is 10.1. The maximum Gasteiger partial charge on any atom is 0.316 e. The molecule has 1 fully saturated rings. The van der Waals surface area contributed by atoms with Crippen molar-refractivity contribution in [1.29, 1.82) is 0 Å². The lowest BCUT2D eigenvalue weighted by atomic mass is 10.1. The minimum atomic E-state index is -0.497. The van der Waals surface area contributed by atoms with Crippen molar-refractivity contribution in [1.82, 2.24) is 14.9 Å². The first-order valence-corrected chi connectivity index (χ1v) is 8.16. The van der Waals surface area contributed by atoms with Crippen LogP contribution in [0.5, 0.6) is 6.01 Å². The van der Waals surface area contributed by atoms with E-state index < -0.39 is 5.82 Å². The second kappa shape index (κ2) is 7.86. The maximum absolute atomic E-state index is 12.8. The van der Waals surface area contributed by atoms with Gasteiger partial charge in [-0.2, -0.15) is 0 Å². The van der Waals surface area contributed by atoms with Crippen molar-refractivity contribution in [2.24, 2.45) is 0 Å². The summed E-state index contributed by atoms with van der Waals surface area (Å²) < 4.78 is 18.5. The Bertz CT molecular complexity index is 664. The normalized spacial score (nSPS) is 17.5. The van der Waals surface area contributed by atoms with E-state index in [2.05, 4.69) is 9.97 Å². The first kappa shape index (κ1) is 16.4. The average Bonchev–Trinajstić information content (AvgIpc) is 2.63. The summed E-state index contributed by atoms with van der Waals surface area (Å²) in [7, 11) is 0. The average molecular weight is 329 g/mol. The highest BCUT2D eigenvalue weighted by atomic mass is 19.1. The molecular formula is C18H20FN3O2. The van der Waals surface area contributed by atoms with Crippen LogP contribution in [0.2, 0.25) is 0 Å². The number of ether oxygens (including phenoxy) is 1. The van der Waals surface area contributed by atoms with Crippen LogP contribution in [0.3, 0.4) is 0 Å². The van der Waals surface area contributed by atoms with E-state index in [1.807, 2.05) is 35.2 Å². The fourth-order valence-electron chi connectivity index (χ4n) is 2.83. The Balaban J connectivity index is 1.51. The van der Waals surface area contributed by atoms with E-state index in [9.17, 15) is 9.18 Å². The van der Waals surface area contributed by atoms with Gasteiger partial charge in [0.2, 0.25) is 5.91 Å². The summed E-state index contributed by atoms with van der Waals surface area (Å²) >= 11 is 0. The number of carbonyl (C=O) groups excluding carboxylic acids is 1. The second-order valence-corrected chi connectivity index (χ2v) is 5.89. The number of benzene rings is 1. The van der Waals surface area contributed by atoms with E-state index in [0.717, 1.165) is 43.8 Å². The van der Waals surface area contributed by atoms with Gasteiger partial charge in [-0.3, -0.25) is 4.79 Å². The molecule has 5 nitrogen and oxygen atoms in total. The molecule has 1 amide bonds. The Morgan fingerprint density at radius 3 is 2.75 bits per heavy atom. The lowest BCUT2D eigenvalue weighted by Gasteiger charge is -2.32. The van der Waals surface area contributed by atoms with Gasteiger partial charge in [-0.15, -0.1) is 0 Å². The van der Waals surface area contributed by atoms with Crippen molar-refractivity contribution in [2.75, 3.05) is 13.1 Å². The Morgan fingerprint density at radius 2 is 2.00 bits per heavy atom. The molecule has 0 aliphatic carbocycles. The third-order valence-electron chi connectivity index (χ3n) is 4.07. The van der Waals surface area contributed by atoms with E-state index in [1.165, 1.54) is 0 Å². The molecule has 1 aliphatic heterocycles. The zero-order chi connectivity index (χ0) is 16.8. The van der Waals surface area contributed by atoms with Gasteiger partial charge in [-0.25, -0.2) is 14.4 Å². The molecule has 3 rings (SSSR count). The van der Waals surface area contributed by atoms with Crippen LogP contribution < -0.4 is 4.74 Å². The molecular weight excluding hydrogens is 309 g/mol. The third-order valence-corrected chi connectivity index (χ3v) is 4.07. The fraction of sp³-hybridized carbons (Fsp3) is 0.389. The van der Waals surface area contributed by atoms with E-state index in [-0.39, 0.29) is 18.0 Å². The third kappa shape index (κ3) is 4.50. The number of hydrogen-bond donors (Lipinski definition) is 0. The Labute approximate surface area is 140 Å². The molecule has 2 heterocycles. The number of aromatic nitrogens is 2. The molecule has 0 N–H and O–H groups in total. The molecule has 1 unspecified atom stereocenters. The van der Waals surface area contributed by atoms with E-state index in [0.29, 0.717) is 13.0 Å². The summed E-state index contributed by atoms with van der Waals surface area (Å²) in [6.45, 7) is 1.27. The molecule has 1 aliphatic rings. The number of rotatable bonds is 5. The van der Waals surface area contributed by atoms with Gasteiger partial charge in [0.25, 0.3) is 0 Å². The van der Waals surface area contributed by atoms with Crippen LogP contribution >= 0.6 is 0 Å². The monoisotopic (exact) mass is 329 g/mol. The lowest BCUT2D eigenvalue weighted by Crippen LogP contribution is -2.44. The number of likely N-dealkylation sites (tertiary alicyclic amines) is 1. The largest absolute Gasteiger partial charge is 0.458 e. The van der Waals surface area contributed by atoms with Crippen molar-refractivity contribution in [3.8, 4) is 6.01 Å². The second-order valence-electron chi connectivity index (χ2n) is 5.89. The van der Waals surface area contributed by atoms with Crippen molar-refractivity contribution >= 4 is 5.91 Å². The SMILES string of the molecule is O=C(CCc1ccccc1)N1CCCC(Oc2ncc(F)cn2)C1. The first-order chi connectivity index (χ1) is 11.7. The molecule has 0 saturated carbocycles. The molecule has 0 bridgehead atoms. The van der Waals surface area contributed by atoms with Crippen LogP contribution in [0, 0.1) is 5.82 Å². The van der Waals surface area contributed by atoms with Crippen LogP contribution in [-0.2, 0) is 11.2 Å². The van der Waals surface area contributed by atoms with Gasteiger partial charge in [0, 0.05) is 13.0 Å². The Hall–Kier alpha value is -2.50. The molecule has 1 atom stereocenters. The van der Waals surface area contributed by atoms with Crippen molar-refractivity contribution < 1.29 is 13.9 Å². The van der Waals surface area contributed by atoms with Gasteiger partial charge in [-0.1, -0.05) is 30.3 Å². The summed E-state index contributed by atoms with van der Waals surface area (Å²) in [4.78, 5) is 21.9. The first-order valence-electron chi connectivity index (χ1n) is 8.16. The number of piperidine rings is 1. The molecule has 2 aromatic rings. The molecule has 0 spiro atoms. The van der Waals surface area contributed by atoms with Crippen molar-refractivity contribution in [2.45, 2.75) is 31.8 Å². The van der Waals surface area contributed by atoms with Gasteiger partial charge in [0.15, 0.2) is 5.82 Å². The number of carbonyl (C=O) groups is 1. The van der Waals surface area contributed by atoms with Crippen LogP contribution in [0.4, 0.5) is 4.39 Å². The highest BCUT2D eigenvalue weighted by Crippen LogP contribution is 2.16. The molecule has 1 aromatic carbocycles. The van der Waals surface area contributed by atoms with Crippen molar-refractivity contribution in [3.05, 3.63) is 54.1 Å². The number of amides is 1. The summed E-state index contributed by atoms with van der Waals surface area (Å²) in [5, 5.41) is 0. The zero-order valence-electron chi connectivity index (χ0n) is 13.4. The van der Waals surface area contributed by atoms with Gasteiger partial charge >= 0.3 is 6.01 Å². The highest BCUT2D eigenvalue weighted by molar-refractivity contribution is 5.76. The summed E-state index contributed by atoms with van der Waals surface area (Å²) in [6.07, 6.45) is 4.95. The quantitative estimate of drug-likeness (QED) is 0.846. The predicted molar refractivity (Wildman–Crippen MR) is 87.0 cm³/mol. The highest BCUT2D eigenvalue weighted by Gasteiger charge is 2.25.